The van der Waals surface area contributed by atoms with Crippen molar-refractivity contribution in [3.63, 3.8) is 0 Å². The van der Waals surface area contributed by atoms with E-state index in [0.29, 0.717) is 61.8 Å². The van der Waals surface area contributed by atoms with Crippen LogP contribution < -0.4 is 14.8 Å². The molecule has 4 rings (SSSR count). The minimum Gasteiger partial charge on any atom is -0.454 e. The summed E-state index contributed by atoms with van der Waals surface area (Å²) in [6, 6.07) is 5.59. The summed E-state index contributed by atoms with van der Waals surface area (Å²) in [5.41, 5.74) is 1.31. The highest BCUT2D eigenvalue weighted by molar-refractivity contribution is 7.89. The molecule has 1 amide bonds. The Balaban J connectivity index is 1.27. The molecule has 162 valence electrons. The Bertz CT molecular complexity index is 1020. The zero-order chi connectivity index (χ0) is 21.3. The van der Waals surface area contributed by atoms with Crippen LogP contribution in [0.3, 0.4) is 0 Å². The van der Waals surface area contributed by atoms with Crippen molar-refractivity contribution in [3.05, 3.63) is 35.2 Å². The van der Waals surface area contributed by atoms with Crippen LogP contribution in [0.4, 0.5) is 0 Å². The van der Waals surface area contributed by atoms with Gasteiger partial charge in [0.25, 0.3) is 0 Å². The molecule has 0 aliphatic carbocycles. The van der Waals surface area contributed by atoms with E-state index < -0.39 is 10.0 Å². The molecule has 1 fully saturated rings. The summed E-state index contributed by atoms with van der Waals surface area (Å²) in [5, 5.41) is 6.68. The Kier molecular flexibility index (Phi) is 5.70. The maximum Gasteiger partial charge on any atom is 0.248 e. The molecule has 1 aromatic carbocycles. The standard InChI is InChI=1S/C20H25N3O6S/c1-13-20(14(2)29-22-13)30(25,26)23-7-5-15(6-8-23)10-19(24)21-11-16-3-4-17-18(9-16)28-12-27-17/h3-4,9,15H,5-8,10-12H2,1-2H3,(H,21,24). The number of hydrogen-bond donors (Lipinski definition) is 1. The SMILES string of the molecule is Cc1noc(C)c1S(=O)(=O)N1CCC(CC(=O)NCc2ccc3c(c2)OCO3)CC1. The van der Waals surface area contributed by atoms with Gasteiger partial charge < -0.3 is 19.3 Å². The van der Waals surface area contributed by atoms with Crippen molar-refractivity contribution in [2.24, 2.45) is 5.92 Å². The Morgan fingerprint density at radius 2 is 1.93 bits per heavy atom. The minimum atomic E-state index is -3.63. The molecule has 1 N–H and O–H groups in total. The third kappa shape index (κ3) is 4.15. The van der Waals surface area contributed by atoms with Crippen molar-refractivity contribution in [1.29, 1.82) is 0 Å². The highest BCUT2D eigenvalue weighted by Crippen LogP contribution is 2.32. The minimum absolute atomic E-state index is 0.0419. The lowest BCUT2D eigenvalue weighted by Crippen LogP contribution is -2.39. The van der Waals surface area contributed by atoms with Crippen LogP contribution in [0.1, 0.15) is 36.3 Å². The van der Waals surface area contributed by atoms with Gasteiger partial charge in [-0.2, -0.15) is 4.31 Å². The number of carbonyl (C=O) groups excluding carboxylic acids is 1. The molecule has 0 saturated carbocycles. The molecule has 2 aliphatic rings. The van der Waals surface area contributed by atoms with Gasteiger partial charge >= 0.3 is 0 Å². The normalized spacial score (nSPS) is 17.3. The molecule has 9 nitrogen and oxygen atoms in total. The van der Waals surface area contributed by atoms with Crippen LogP contribution in [-0.4, -0.2) is 43.7 Å². The summed E-state index contributed by atoms with van der Waals surface area (Å²) in [5.74, 6) is 1.81. The van der Waals surface area contributed by atoms with Crippen LogP contribution in [0.25, 0.3) is 0 Å². The molecule has 1 saturated heterocycles. The van der Waals surface area contributed by atoms with E-state index >= 15 is 0 Å². The van der Waals surface area contributed by atoms with Gasteiger partial charge in [-0.25, -0.2) is 8.42 Å². The smallest absolute Gasteiger partial charge is 0.248 e. The second kappa shape index (κ2) is 8.27. The Morgan fingerprint density at radius 1 is 1.20 bits per heavy atom. The predicted molar refractivity (Wildman–Crippen MR) is 106 cm³/mol. The Hall–Kier alpha value is -2.59. The summed E-state index contributed by atoms with van der Waals surface area (Å²) in [7, 11) is -3.63. The molecule has 0 spiro atoms. The number of benzene rings is 1. The van der Waals surface area contributed by atoms with Crippen molar-refractivity contribution < 1.29 is 27.2 Å². The topological polar surface area (TPSA) is 111 Å². The Morgan fingerprint density at radius 3 is 2.63 bits per heavy atom. The molecule has 0 unspecified atom stereocenters. The molecule has 10 heteroatoms. The van der Waals surface area contributed by atoms with Gasteiger partial charge in [-0.3, -0.25) is 4.79 Å². The third-order valence-corrected chi connectivity index (χ3v) is 7.68. The van der Waals surface area contributed by atoms with E-state index in [-0.39, 0.29) is 23.5 Å². The lowest BCUT2D eigenvalue weighted by molar-refractivity contribution is -0.122. The monoisotopic (exact) mass is 435 g/mol. The third-order valence-electron chi connectivity index (χ3n) is 5.54. The van der Waals surface area contributed by atoms with E-state index in [4.69, 9.17) is 14.0 Å². The summed E-state index contributed by atoms with van der Waals surface area (Å²) < 4.78 is 42.9. The summed E-state index contributed by atoms with van der Waals surface area (Å²) in [6.07, 6.45) is 1.66. The predicted octanol–water partition coefficient (Wildman–Crippen LogP) is 2.13. The fourth-order valence-electron chi connectivity index (χ4n) is 3.91. The number of ether oxygens (including phenoxy) is 2. The van der Waals surface area contributed by atoms with Gasteiger partial charge in [-0.05, 0) is 50.3 Å². The number of amides is 1. The maximum atomic E-state index is 12.9. The van der Waals surface area contributed by atoms with E-state index in [2.05, 4.69) is 10.5 Å². The number of nitrogens with one attached hydrogen (secondary N) is 1. The molecule has 30 heavy (non-hydrogen) atoms. The average Bonchev–Trinajstić information content (AvgIpc) is 3.32. The van der Waals surface area contributed by atoms with Crippen LogP contribution in [0, 0.1) is 19.8 Å². The molecule has 0 atom stereocenters. The number of hydrogen-bond acceptors (Lipinski definition) is 7. The molecule has 3 heterocycles. The summed E-state index contributed by atoms with van der Waals surface area (Å²) in [4.78, 5) is 12.5. The molecule has 2 aliphatic heterocycles. The van der Waals surface area contributed by atoms with Gasteiger partial charge in [0.15, 0.2) is 17.3 Å². The second-order valence-corrected chi connectivity index (χ2v) is 9.54. The highest BCUT2D eigenvalue weighted by Gasteiger charge is 2.34. The highest BCUT2D eigenvalue weighted by atomic mass is 32.2. The number of nitrogens with zero attached hydrogens (tertiary/aromatic N) is 2. The van der Waals surface area contributed by atoms with E-state index in [1.165, 1.54) is 4.31 Å². The van der Waals surface area contributed by atoms with E-state index in [9.17, 15) is 13.2 Å². The van der Waals surface area contributed by atoms with Crippen molar-refractivity contribution in [3.8, 4) is 11.5 Å². The van der Waals surface area contributed by atoms with E-state index in [0.717, 1.165) is 5.56 Å². The first-order chi connectivity index (χ1) is 14.3. The van der Waals surface area contributed by atoms with E-state index in [1.807, 2.05) is 18.2 Å². The first-order valence-electron chi connectivity index (χ1n) is 9.93. The fourth-order valence-corrected chi connectivity index (χ4v) is 5.67. The number of aromatic nitrogens is 1. The zero-order valence-electron chi connectivity index (χ0n) is 17.0. The first kappa shape index (κ1) is 20.7. The van der Waals surface area contributed by atoms with Crippen molar-refractivity contribution in [2.75, 3.05) is 19.9 Å². The maximum absolute atomic E-state index is 12.9. The lowest BCUT2D eigenvalue weighted by Gasteiger charge is -2.30. The molecular weight excluding hydrogens is 410 g/mol. The quantitative estimate of drug-likeness (QED) is 0.740. The number of fused-ring (bicyclic) bond motifs is 1. The van der Waals surface area contributed by atoms with Gasteiger partial charge in [-0.15, -0.1) is 0 Å². The molecule has 0 radical (unpaired) electrons. The molecule has 0 bridgehead atoms. The number of rotatable bonds is 6. The number of aryl methyl sites for hydroxylation is 2. The molecular formula is C20H25N3O6S. The first-order valence-corrected chi connectivity index (χ1v) is 11.4. The van der Waals surface area contributed by atoms with Gasteiger partial charge in [-0.1, -0.05) is 11.2 Å². The largest absolute Gasteiger partial charge is 0.454 e. The van der Waals surface area contributed by atoms with Crippen LogP contribution in [0.15, 0.2) is 27.6 Å². The van der Waals surface area contributed by atoms with Gasteiger partial charge in [0.05, 0.1) is 0 Å². The van der Waals surface area contributed by atoms with Gasteiger partial charge in [0.1, 0.15) is 10.6 Å². The fraction of sp³-hybridized carbons (Fsp3) is 0.500. The van der Waals surface area contributed by atoms with E-state index in [1.54, 1.807) is 13.8 Å². The summed E-state index contributed by atoms with van der Waals surface area (Å²) in [6.45, 7) is 4.62. The lowest BCUT2D eigenvalue weighted by atomic mass is 9.94. The zero-order valence-corrected chi connectivity index (χ0v) is 17.8. The van der Waals surface area contributed by atoms with Gasteiger partial charge in [0.2, 0.25) is 22.7 Å². The van der Waals surface area contributed by atoms with Crippen molar-refractivity contribution in [2.45, 2.75) is 44.6 Å². The number of piperidine rings is 1. The van der Waals surface area contributed by atoms with Crippen molar-refractivity contribution >= 4 is 15.9 Å². The summed E-state index contributed by atoms with van der Waals surface area (Å²) >= 11 is 0. The van der Waals surface area contributed by atoms with Crippen LogP contribution in [-0.2, 0) is 21.4 Å². The molecule has 1 aromatic heterocycles. The number of carbonyl (C=O) groups is 1. The second-order valence-electron chi connectivity index (χ2n) is 7.67. The Labute approximate surface area is 175 Å². The van der Waals surface area contributed by atoms with Crippen molar-refractivity contribution in [1.82, 2.24) is 14.8 Å². The van der Waals surface area contributed by atoms with Crippen LogP contribution in [0.2, 0.25) is 0 Å². The average molecular weight is 436 g/mol. The van der Waals surface area contributed by atoms with Gasteiger partial charge in [0, 0.05) is 26.1 Å². The van der Waals surface area contributed by atoms with Crippen LogP contribution in [0.5, 0.6) is 11.5 Å². The molecule has 2 aromatic rings. The van der Waals surface area contributed by atoms with Crippen LogP contribution >= 0.6 is 0 Å². The number of sulfonamides is 1.